The van der Waals surface area contributed by atoms with E-state index >= 15 is 0 Å². The normalized spacial score (nSPS) is 19.9. The molecule has 0 amide bonds. The van der Waals surface area contributed by atoms with Crippen LogP contribution >= 0.6 is 23.2 Å². The molecule has 0 spiro atoms. The Kier molecular flexibility index (Phi) is 3.43. The highest BCUT2D eigenvalue weighted by Crippen LogP contribution is 2.28. The van der Waals surface area contributed by atoms with Crippen LogP contribution in [0.2, 0.25) is 10.4 Å². The van der Waals surface area contributed by atoms with Gasteiger partial charge in [0.15, 0.2) is 0 Å². The summed E-state index contributed by atoms with van der Waals surface area (Å²) in [6.45, 7) is 4.20. The van der Waals surface area contributed by atoms with Crippen molar-refractivity contribution >= 4 is 39.9 Å². The molecule has 1 aliphatic rings. The van der Waals surface area contributed by atoms with Gasteiger partial charge in [0.2, 0.25) is 5.28 Å². The lowest BCUT2D eigenvalue weighted by Gasteiger charge is -2.34. The summed E-state index contributed by atoms with van der Waals surface area (Å²) in [5.74, 6) is 0.787. The van der Waals surface area contributed by atoms with E-state index in [2.05, 4.69) is 26.8 Å². The summed E-state index contributed by atoms with van der Waals surface area (Å²) in [6.07, 6.45) is 1.61. The number of anilines is 1. The predicted molar refractivity (Wildman–Crippen MR) is 75.0 cm³/mol. The molecule has 1 fully saturated rings. The van der Waals surface area contributed by atoms with Crippen LogP contribution in [0, 0.1) is 0 Å². The summed E-state index contributed by atoms with van der Waals surface area (Å²) in [5.41, 5.74) is 0.693. The largest absolute Gasteiger partial charge is 0.377 e. The minimum absolute atomic E-state index is 0.213. The number of aromatic nitrogens is 3. The van der Waals surface area contributed by atoms with Gasteiger partial charge in [-0.05, 0) is 24.6 Å². The van der Waals surface area contributed by atoms with Crippen molar-refractivity contribution in [3.8, 4) is 0 Å². The van der Waals surface area contributed by atoms with Crippen molar-refractivity contribution in [2.45, 2.75) is 13.0 Å². The molecule has 3 heterocycles. The molecule has 19 heavy (non-hydrogen) atoms. The first kappa shape index (κ1) is 12.8. The quantitative estimate of drug-likeness (QED) is 0.598. The topological polar surface area (TPSA) is 51.1 Å². The second-order valence-electron chi connectivity index (χ2n) is 4.46. The van der Waals surface area contributed by atoms with Crippen LogP contribution in [0.3, 0.4) is 0 Å². The van der Waals surface area contributed by atoms with Gasteiger partial charge in [-0.2, -0.15) is 4.98 Å². The Labute approximate surface area is 120 Å². The number of fused-ring (bicyclic) bond motifs is 1. The predicted octanol–water partition coefficient (Wildman–Crippen LogP) is 2.56. The van der Waals surface area contributed by atoms with Gasteiger partial charge in [0.1, 0.15) is 11.0 Å². The third-order valence-electron chi connectivity index (χ3n) is 3.14. The van der Waals surface area contributed by atoms with Gasteiger partial charge in [-0.25, -0.2) is 9.97 Å². The highest BCUT2D eigenvalue weighted by Gasteiger charge is 2.23. The van der Waals surface area contributed by atoms with Crippen LogP contribution in [0.4, 0.5) is 5.82 Å². The molecule has 1 aliphatic heterocycles. The molecular formula is C12H12Cl2N4O. The number of morpholine rings is 1. The third kappa shape index (κ3) is 2.45. The van der Waals surface area contributed by atoms with Crippen LogP contribution in [0.5, 0.6) is 0 Å². The second-order valence-corrected chi connectivity index (χ2v) is 5.18. The molecule has 100 valence electrons. The van der Waals surface area contributed by atoms with E-state index in [0.29, 0.717) is 23.9 Å². The van der Waals surface area contributed by atoms with Crippen molar-refractivity contribution in [3.63, 3.8) is 0 Å². The van der Waals surface area contributed by atoms with Crippen LogP contribution in [-0.2, 0) is 4.74 Å². The molecule has 2 aromatic rings. The number of halogens is 2. The Bertz CT molecular complexity index is 622. The molecule has 1 saturated heterocycles. The van der Waals surface area contributed by atoms with Crippen LogP contribution in [0.25, 0.3) is 10.9 Å². The summed E-state index contributed by atoms with van der Waals surface area (Å²) < 4.78 is 5.44. The van der Waals surface area contributed by atoms with E-state index in [1.807, 2.05) is 0 Å². The monoisotopic (exact) mass is 298 g/mol. The fourth-order valence-corrected chi connectivity index (χ4v) is 2.55. The Hall–Kier alpha value is -1.17. The lowest BCUT2D eigenvalue weighted by molar-refractivity contribution is 0.0987. The molecule has 0 saturated carbocycles. The van der Waals surface area contributed by atoms with Gasteiger partial charge in [0.05, 0.1) is 31.0 Å². The molecule has 0 aromatic carbocycles. The van der Waals surface area contributed by atoms with E-state index in [1.165, 1.54) is 0 Å². The number of hydrogen-bond acceptors (Lipinski definition) is 5. The Morgan fingerprint density at radius 3 is 3.00 bits per heavy atom. The molecule has 0 radical (unpaired) electrons. The Balaban J connectivity index is 2.18. The van der Waals surface area contributed by atoms with Gasteiger partial charge >= 0.3 is 0 Å². The summed E-state index contributed by atoms with van der Waals surface area (Å²) in [5, 5.41) is 1.49. The van der Waals surface area contributed by atoms with Gasteiger partial charge in [-0.15, -0.1) is 0 Å². The van der Waals surface area contributed by atoms with Crippen molar-refractivity contribution in [1.82, 2.24) is 15.0 Å². The highest BCUT2D eigenvalue weighted by molar-refractivity contribution is 6.30. The van der Waals surface area contributed by atoms with E-state index < -0.39 is 0 Å². The zero-order chi connectivity index (χ0) is 13.4. The number of pyridine rings is 1. The van der Waals surface area contributed by atoms with E-state index in [0.717, 1.165) is 17.7 Å². The van der Waals surface area contributed by atoms with E-state index in [4.69, 9.17) is 27.9 Å². The fourth-order valence-electron chi connectivity index (χ4n) is 2.22. The molecular weight excluding hydrogens is 287 g/mol. The maximum Gasteiger partial charge on any atom is 0.224 e. The van der Waals surface area contributed by atoms with E-state index in [-0.39, 0.29) is 11.3 Å². The van der Waals surface area contributed by atoms with Crippen molar-refractivity contribution in [3.05, 3.63) is 22.7 Å². The first-order chi connectivity index (χ1) is 9.15. The molecule has 3 rings (SSSR count). The molecule has 5 nitrogen and oxygen atoms in total. The number of ether oxygens (including phenoxy) is 1. The molecule has 7 heteroatoms. The van der Waals surface area contributed by atoms with Crippen molar-refractivity contribution in [1.29, 1.82) is 0 Å². The van der Waals surface area contributed by atoms with E-state index in [9.17, 15) is 0 Å². The lowest BCUT2D eigenvalue weighted by atomic mass is 10.2. The standard InChI is InChI=1S/C12H12Cl2N4O/c1-7-6-19-3-2-18(7)11-8-4-10(13)15-5-9(8)16-12(14)17-11/h4-5,7H,2-3,6H2,1H3. The van der Waals surface area contributed by atoms with Crippen molar-refractivity contribution in [2.75, 3.05) is 24.7 Å². The lowest BCUT2D eigenvalue weighted by Crippen LogP contribution is -2.44. The molecule has 0 N–H and O–H groups in total. The summed E-state index contributed by atoms with van der Waals surface area (Å²) >= 11 is 12.0. The average Bonchev–Trinajstić information content (AvgIpc) is 2.39. The SMILES string of the molecule is CC1COCCN1c1nc(Cl)nc2cnc(Cl)cc12. The van der Waals surface area contributed by atoms with Crippen molar-refractivity contribution in [2.24, 2.45) is 0 Å². The first-order valence-electron chi connectivity index (χ1n) is 5.98. The highest BCUT2D eigenvalue weighted by atomic mass is 35.5. The minimum atomic E-state index is 0.213. The number of hydrogen-bond donors (Lipinski definition) is 0. The van der Waals surface area contributed by atoms with Crippen LogP contribution in [-0.4, -0.2) is 40.8 Å². The maximum atomic E-state index is 5.99. The zero-order valence-electron chi connectivity index (χ0n) is 10.3. The Morgan fingerprint density at radius 1 is 1.37 bits per heavy atom. The summed E-state index contributed by atoms with van der Waals surface area (Å²) in [4.78, 5) is 14.7. The fraction of sp³-hybridized carbons (Fsp3) is 0.417. The van der Waals surface area contributed by atoms with Crippen LogP contribution in [0.1, 0.15) is 6.92 Å². The first-order valence-corrected chi connectivity index (χ1v) is 6.74. The zero-order valence-corrected chi connectivity index (χ0v) is 11.8. The van der Waals surface area contributed by atoms with Gasteiger partial charge in [-0.1, -0.05) is 11.6 Å². The molecule has 1 atom stereocenters. The number of nitrogens with zero attached hydrogens (tertiary/aromatic N) is 4. The van der Waals surface area contributed by atoms with E-state index in [1.54, 1.807) is 12.3 Å². The van der Waals surface area contributed by atoms with Gasteiger partial charge in [0.25, 0.3) is 0 Å². The van der Waals surface area contributed by atoms with Gasteiger partial charge in [-0.3, -0.25) is 0 Å². The molecule has 0 aliphatic carbocycles. The molecule has 0 bridgehead atoms. The smallest absolute Gasteiger partial charge is 0.224 e. The molecule has 2 aromatic heterocycles. The maximum absolute atomic E-state index is 5.99. The van der Waals surface area contributed by atoms with Crippen LogP contribution in [0.15, 0.2) is 12.3 Å². The summed E-state index contributed by atoms with van der Waals surface area (Å²) in [6, 6.07) is 2.00. The van der Waals surface area contributed by atoms with Gasteiger partial charge in [0, 0.05) is 11.9 Å². The Morgan fingerprint density at radius 2 is 2.21 bits per heavy atom. The molecule has 1 unspecified atom stereocenters. The second kappa shape index (κ2) is 5.07. The van der Waals surface area contributed by atoms with Crippen molar-refractivity contribution < 1.29 is 4.74 Å². The summed E-state index contributed by atoms with van der Waals surface area (Å²) in [7, 11) is 0. The van der Waals surface area contributed by atoms with Gasteiger partial charge < -0.3 is 9.64 Å². The third-order valence-corrected chi connectivity index (χ3v) is 3.52. The average molecular weight is 299 g/mol. The minimum Gasteiger partial charge on any atom is -0.377 e. The number of rotatable bonds is 1. The van der Waals surface area contributed by atoms with Crippen LogP contribution < -0.4 is 4.90 Å².